The Morgan fingerprint density at radius 2 is 2.38 bits per heavy atom. The molecule has 16 heavy (non-hydrogen) atoms. The fourth-order valence-electron chi connectivity index (χ4n) is 1.78. The van der Waals surface area contributed by atoms with E-state index in [1.165, 1.54) is 0 Å². The maximum absolute atomic E-state index is 11.8. The molecule has 1 heterocycles. The molecule has 1 aromatic carbocycles. The predicted molar refractivity (Wildman–Crippen MR) is 68.2 cm³/mol. The second-order valence-electron chi connectivity index (χ2n) is 3.87. The van der Waals surface area contributed by atoms with Gasteiger partial charge in [0.05, 0.1) is 17.4 Å². The molecule has 0 aliphatic carbocycles. The molecule has 0 saturated carbocycles. The molecule has 4 N–H and O–H groups in total. The summed E-state index contributed by atoms with van der Waals surface area (Å²) in [5, 5.41) is 5.98. The molecule has 1 aliphatic heterocycles. The van der Waals surface area contributed by atoms with E-state index < -0.39 is 0 Å². The molecule has 5 heteroatoms. The largest absolute Gasteiger partial charge is 0.397 e. The minimum atomic E-state index is -0.0805. The van der Waals surface area contributed by atoms with Gasteiger partial charge in [-0.3, -0.25) is 4.79 Å². The van der Waals surface area contributed by atoms with Crippen LogP contribution in [0.5, 0.6) is 0 Å². The van der Waals surface area contributed by atoms with Crippen LogP contribution in [0.15, 0.2) is 22.7 Å². The van der Waals surface area contributed by atoms with Crippen LogP contribution in [0.2, 0.25) is 0 Å². The van der Waals surface area contributed by atoms with Crippen molar-refractivity contribution in [3.05, 3.63) is 22.7 Å². The van der Waals surface area contributed by atoms with Crippen molar-refractivity contribution in [2.75, 3.05) is 17.6 Å². The third-order valence-corrected chi connectivity index (χ3v) is 3.14. The standard InChI is InChI=1S/C11H14BrN3O/c12-7-3-4-9(8(13)6-7)15-11(16)10-2-1-5-14-10/h3-4,6,10,14H,1-2,5,13H2,(H,15,16). The maximum atomic E-state index is 11.8. The lowest BCUT2D eigenvalue weighted by atomic mass is 10.2. The van der Waals surface area contributed by atoms with Crippen molar-refractivity contribution in [1.29, 1.82) is 0 Å². The average molecular weight is 284 g/mol. The fourth-order valence-corrected chi connectivity index (χ4v) is 2.15. The van der Waals surface area contributed by atoms with Gasteiger partial charge in [-0.1, -0.05) is 15.9 Å². The first-order valence-corrected chi connectivity index (χ1v) is 6.05. The number of anilines is 2. The highest BCUT2D eigenvalue weighted by Gasteiger charge is 2.22. The van der Waals surface area contributed by atoms with Gasteiger partial charge in [0.1, 0.15) is 0 Å². The van der Waals surface area contributed by atoms with Crippen LogP contribution in [-0.2, 0) is 4.79 Å². The van der Waals surface area contributed by atoms with Crippen LogP contribution in [0.3, 0.4) is 0 Å². The van der Waals surface area contributed by atoms with E-state index in [0.29, 0.717) is 11.4 Å². The van der Waals surface area contributed by atoms with E-state index in [1.54, 1.807) is 12.1 Å². The Labute approximate surface area is 103 Å². The van der Waals surface area contributed by atoms with Gasteiger partial charge in [0.15, 0.2) is 0 Å². The van der Waals surface area contributed by atoms with Crippen LogP contribution in [0.1, 0.15) is 12.8 Å². The zero-order valence-electron chi connectivity index (χ0n) is 8.79. The van der Waals surface area contributed by atoms with E-state index in [9.17, 15) is 4.79 Å². The summed E-state index contributed by atoms with van der Waals surface area (Å²) in [5.41, 5.74) is 7.04. The summed E-state index contributed by atoms with van der Waals surface area (Å²) in [5.74, 6) is -0.00785. The molecular weight excluding hydrogens is 270 g/mol. The van der Waals surface area contributed by atoms with Crippen LogP contribution in [-0.4, -0.2) is 18.5 Å². The smallest absolute Gasteiger partial charge is 0.241 e. The Kier molecular flexibility index (Phi) is 3.46. The average Bonchev–Trinajstić information content (AvgIpc) is 2.75. The number of nitrogens with one attached hydrogen (secondary N) is 2. The third-order valence-electron chi connectivity index (χ3n) is 2.65. The number of hydrogen-bond acceptors (Lipinski definition) is 3. The number of halogens is 1. The summed E-state index contributed by atoms with van der Waals surface area (Å²) in [4.78, 5) is 11.8. The minimum absolute atomic E-state index is 0.00785. The molecule has 0 bridgehead atoms. The van der Waals surface area contributed by atoms with Crippen molar-refractivity contribution in [1.82, 2.24) is 5.32 Å². The van der Waals surface area contributed by atoms with E-state index in [2.05, 4.69) is 26.6 Å². The SMILES string of the molecule is Nc1cc(Br)ccc1NC(=O)C1CCCN1. The first-order chi connectivity index (χ1) is 7.66. The summed E-state index contributed by atoms with van der Waals surface area (Å²) >= 11 is 3.32. The fraction of sp³-hybridized carbons (Fsp3) is 0.364. The normalized spacial score (nSPS) is 19.7. The van der Waals surface area contributed by atoms with E-state index >= 15 is 0 Å². The second-order valence-corrected chi connectivity index (χ2v) is 4.79. The van der Waals surface area contributed by atoms with Gasteiger partial charge in [0, 0.05) is 4.47 Å². The van der Waals surface area contributed by atoms with Crippen molar-refractivity contribution in [2.45, 2.75) is 18.9 Å². The summed E-state index contributed by atoms with van der Waals surface area (Å²) in [7, 11) is 0. The highest BCUT2D eigenvalue weighted by Crippen LogP contribution is 2.23. The molecule has 2 rings (SSSR count). The van der Waals surface area contributed by atoms with E-state index in [1.807, 2.05) is 6.07 Å². The Morgan fingerprint density at radius 1 is 1.56 bits per heavy atom. The lowest BCUT2D eigenvalue weighted by Crippen LogP contribution is -2.35. The first kappa shape index (κ1) is 11.4. The molecule has 1 aliphatic rings. The van der Waals surface area contributed by atoms with Crippen molar-refractivity contribution >= 4 is 33.2 Å². The summed E-state index contributed by atoms with van der Waals surface area (Å²) in [6.07, 6.45) is 1.94. The number of carbonyl (C=O) groups is 1. The molecular formula is C11H14BrN3O. The number of nitrogens with two attached hydrogens (primary N) is 1. The van der Waals surface area contributed by atoms with Gasteiger partial charge in [-0.05, 0) is 37.6 Å². The van der Waals surface area contributed by atoms with Gasteiger partial charge in [-0.2, -0.15) is 0 Å². The zero-order chi connectivity index (χ0) is 11.5. The number of carbonyl (C=O) groups excluding carboxylic acids is 1. The molecule has 1 aromatic rings. The Bertz CT molecular complexity index is 402. The van der Waals surface area contributed by atoms with Crippen LogP contribution in [0, 0.1) is 0 Å². The van der Waals surface area contributed by atoms with E-state index in [0.717, 1.165) is 23.9 Å². The molecule has 0 aromatic heterocycles. The van der Waals surface area contributed by atoms with Crippen LogP contribution >= 0.6 is 15.9 Å². The Hall–Kier alpha value is -1.07. The second kappa shape index (κ2) is 4.84. The lowest BCUT2D eigenvalue weighted by Gasteiger charge is -2.12. The number of hydrogen-bond donors (Lipinski definition) is 3. The van der Waals surface area contributed by atoms with Gasteiger partial charge in [0.2, 0.25) is 5.91 Å². The topological polar surface area (TPSA) is 67.1 Å². The first-order valence-electron chi connectivity index (χ1n) is 5.26. The zero-order valence-corrected chi connectivity index (χ0v) is 10.4. The van der Waals surface area contributed by atoms with Crippen molar-refractivity contribution in [2.24, 2.45) is 0 Å². The highest BCUT2D eigenvalue weighted by molar-refractivity contribution is 9.10. The monoisotopic (exact) mass is 283 g/mol. The van der Waals surface area contributed by atoms with Crippen molar-refractivity contribution < 1.29 is 4.79 Å². The maximum Gasteiger partial charge on any atom is 0.241 e. The Balaban J connectivity index is 2.05. The molecule has 1 atom stereocenters. The third kappa shape index (κ3) is 2.54. The van der Waals surface area contributed by atoms with Crippen LogP contribution < -0.4 is 16.4 Å². The number of rotatable bonds is 2. The molecule has 1 unspecified atom stereocenters. The van der Waals surface area contributed by atoms with Gasteiger partial charge in [0.25, 0.3) is 0 Å². The van der Waals surface area contributed by atoms with Crippen LogP contribution in [0.4, 0.5) is 11.4 Å². The molecule has 1 fully saturated rings. The molecule has 1 amide bonds. The highest BCUT2D eigenvalue weighted by atomic mass is 79.9. The van der Waals surface area contributed by atoms with E-state index in [4.69, 9.17) is 5.73 Å². The Morgan fingerprint density at radius 3 is 3.00 bits per heavy atom. The van der Waals surface area contributed by atoms with Crippen molar-refractivity contribution in [3.8, 4) is 0 Å². The summed E-state index contributed by atoms with van der Waals surface area (Å²) in [6.45, 7) is 0.911. The van der Waals surface area contributed by atoms with Gasteiger partial charge in [-0.15, -0.1) is 0 Å². The van der Waals surface area contributed by atoms with E-state index in [-0.39, 0.29) is 11.9 Å². The summed E-state index contributed by atoms with van der Waals surface area (Å²) in [6, 6.07) is 5.35. The van der Waals surface area contributed by atoms with Crippen LogP contribution in [0.25, 0.3) is 0 Å². The molecule has 0 spiro atoms. The van der Waals surface area contributed by atoms with Gasteiger partial charge in [-0.25, -0.2) is 0 Å². The lowest BCUT2D eigenvalue weighted by molar-refractivity contribution is -0.117. The molecule has 4 nitrogen and oxygen atoms in total. The minimum Gasteiger partial charge on any atom is -0.397 e. The molecule has 0 radical (unpaired) electrons. The number of benzene rings is 1. The van der Waals surface area contributed by atoms with Gasteiger partial charge < -0.3 is 16.4 Å². The predicted octanol–water partition coefficient (Wildman–Crippen LogP) is 1.72. The molecule has 86 valence electrons. The molecule has 1 saturated heterocycles. The summed E-state index contributed by atoms with van der Waals surface area (Å²) < 4.78 is 0.905. The number of nitrogen functional groups attached to an aromatic ring is 1. The quantitative estimate of drug-likeness (QED) is 0.724. The van der Waals surface area contributed by atoms with Gasteiger partial charge >= 0.3 is 0 Å². The number of amides is 1. The van der Waals surface area contributed by atoms with Crippen molar-refractivity contribution in [3.63, 3.8) is 0 Å².